The van der Waals surface area contributed by atoms with Gasteiger partial charge in [-0.1, -0.05) is 30.7 Å². The molecule has 2 aromatic rings. The highest BCUT2D eigenvalue weighted by atomic mass is 35.5. The monoisotopic (exact) mass is 460 g/mol. The first-order chi connectivity index (χ1) is 15.3. The van der Waals surface area contributed by atoms with Crippen LogP contribution in [0.5, 0.6) is 11.5 Å². The maximum absolute atomic E-state index is 13.1. The van der Waals surface area contributed by atoms with Gasteiger partial charge in [0.2, 0.25) is 11.8 Å². The Hall–Kier alpha value is -2.73. The molecule has 174 valence electrons. The largest absolute Gasteiger partial charge is 0.497 e. The van der Waals surface area contributed by atoms with Gasteiger partial charge in [0.15, 0.2) is 0 Å². The lowest BCUT2D eigenvalue weighted by atomic mass is 10.1. The highest BCUT2D eigenvalue weighted by Crippen LogP contribution is 2.18. The summed E-state index contributed by atoms with van der Waals surface area (Å²) in [6, 6.07) is 14.1. The maximum atomic E-state index is 13.1. The number of rotatable bonds is 12. The predicted octanol–water partition coefficient (Wildman–Crippen LogP) is 4.84. The van der Waals surface area contributed by atoms with Crippen LogP contribution in [0.4, 0.5) is 0 Å². The third-order valence-corrected chi connectivity index (χ3v) is 5.51. The van der Waals surface area contributed by atoms with E-state index >= 15 is 0 Å². The number of amides is 2. The number of hydrogen-bond donors (Lipinski definition) is 1. The Morgan fingerprint density at radius 1 is 1.09 bits per heavy atom. The van der Waals surface area contributed by atoms with Crippen LogP contribution in [0.1, 0.15) is 45.6 Å². The molecule has 0 aromatic heterocycles. The number of hydrogen-bond acceptors (Lipinski definition) is 4. The molecule has 0 aliphatic heterocycles. The normalized spacial score (nSPS) is 12.5. The molecule has 6 nitrogen and oxygen atoms in total. The Kier molecular flexibility index (Phi) is 10.3. The maximum Gasteiger partial charge on any atom is 0.242 e. The van der Waals surface area contributed by atoms with Crippen molar-refractivity contribution in [2.45, 2.75) is 58.7 Å². The second-order valence-electron chi connectivity index (χ2n) is 7.77. The van der Waals surface area contributed by atoms with Crippen LogP contribution in [0.15, 0.2) is 48.5 Å². The average molecular weight is 461 g/mol. The van der Waals surface area contributed by atoms with Crippen molar-refractivity contribution < 1.29 is 19.1 Å². The Morgan fingerprint density at radius 2 is 1.78 bits per heavy atom. The molecule has 0 aliphatic rings. The van der Waals surface area contributed by atoms with E-state index in [-0.39, 0.29) is 24.3 Å². The molecule has 1 N–H and O–H groups in total. The molecule has 2 aromatic carbocycles. The number of nitrogens with one attached hydrogen (secondary N) is 1. The van der Waals surface area contributed by atoms with Crippen LogP contribution in [0.3, 0.4) is 0 Å². The Balaban J connectivity index is 1.99. The minimum absolute atomic E-state index is 0.0472. The van der Waals surface area contributed by atoms with E-state index in [1.165, 1.54) is 0 Å². The fourth-order valence-corrected chi connectivity index (χ4v) is 3.32. The Bertz CT molecular complexity index is 873. The predicted molar refractivity (Wildman–Crippen MR) is 127 cm³/mol. The minimum atomic E-state index is -0.599. The molecule has 0 saturated heterocycles. The van der Waals surface area contributed by atoms with Crippen molar-refractivity contribution in [2.75, 3.05) is 13.7 Å². The van der Waals surface area contributed by atoms with Gasteiger partial charge in [-0.05, 0) is 68.7 Å². The summed E-state index contributed by atoms with van der Waals surface area (Å²) in [5.41, 5.74) is 0.878. The second kappa shape index (κ2) is 13.0. The van der Waals surface area contributed by atoms with Crippen LogP contribution in [-0.4, -0.2) is 42.5 Å². The number of halogens is 1. The molecule has 0 radical (unpaired) electrons. The van der Waals surface area contributed by atoms with Gasteiger partial charge in [-0.25, -0.2) is 0 Å². The first kappa shape index (κ1) is 25.5. The number of carbonyl (C=O) groups excluding carboxylic acids is 2. The summed E-state index contributed by atoms with van der Waals surface area (Å²) in [5.74, 6) is 1.21. The van der Waals surface area contributed by atoms with Gasteiger partial charge in [-0.15, -0.1) is 0 Å². The van der Waals surface area contributed by atoms with Gasteiger partial charge in [-0.3, -0.25) is 9.59 Å². The third kappa shape index (κ3) is 8.08. The van der Waals surface area contributed by atoms with Crippen molar-refractivity contribution in [3.8, 4) is 11.5 Å². The molecule has 2 amide bonds. The molecular formula is C25H33ClN2O4. The number of ether oxygens (including phenoxy) is 2. The molecule has 32 heavy (non-hydrogen) atoms. The molecule has 0 aliphatic carbocycles. The second-order valence-corrected chi connectivity index (χ2v) is 8.21. The molecule has 2 rings (SSSR count). The molecule has 0 bridgehead atoms. The SMILES string of the molecule is CC[C@@H](C)NC(=O)[C@H](C)N(Cc1cccc(Cl)c1)C(=O)CCCOc1ccc(OC)cc1. The van der Waals surface area contributed by atoms with E-state index in [1.807, 2.05) is 56.3 Å². The van der Waals surface area contributed by atoms with Gasteiger partial charge in [0.1, 0.15) is 17.5 Å². The summed E-state index contributed by atoms with van der Waals surface area (Å²) < 4.78 is 10.9. The van der Waals surface area contributed by atoms with Crippen molar-refractivity contribution in [3.05, 3.63) is 59.1 Å². The summed E-state index contributed by atoms with van der Waals surface area (Å²) in [6.07, 6.45) is 1.64. The molecule has 7 heteroatoms. The zero-order valence-electron chi connectivity index (χ0n) is 19.3. The van der Waals surface area contributed by atoms with Crippen LogP contribution in [0, 0.1) is 0 Å². The summed E-state index contributed by atoms with van der Waals surface area (Å²) in [7, 11) is 1.61. The van der Waals surface area contributed by atoms with Crippen LogP contribution in [0.25, 0.3) is 0 Å². The molecule has 0 fully saturated rings. The van der Waals surface area contributed by atoms with Gasteiger partial charge in [0.25, 0.3) is 0 Å². The molecule has 2 atom stereocenters. The van der Waals surface area contributed by atoms with Crippen molar-refractivity contribution in [2.24, 2.45) is 0 Å². The van der Waals surface area contributed by atoms with Crippen LogP contribution < -0.4 is 14.8 Å². The highest BCUT2D eigenvalue weighted by molar-refractivity contribution is 6.30. The fourth-order valence-electron chi connectivity index (χ4n) is 3.11. The van der Waals surface area contributed by atoms with E-state index in [1.54, 1.807) is 25.0 Å². The van der Waals surface area contributed by atoms with Crippen molar-refractivity contribution >= 4 is 23.4 Å². The van der Waals surface area contributed by atoms with E-state index in [2.05, 4.69) is 5.32 Å². The molecule has 0 saturated carbocycles. The van der Waals surface area contributed by atoms with Crippen molar-refractivity contribution in [1.82, 2.24) is 10.2 Å². The van der Waals surface area contributed by atoms with E-state index in [0.717, 1.165) is 23.5 Å². The number of benzene rings is 2. The minimum Gasteiger partial charge on any atom is -0.497 e. The van der Waals surface area contributed by atoms with Gasteiger partial charge >= 0.3 is 0 Å². The third-order valence-electron chi connectivity index (χ3n) is 5.27. The van der Waals surface area contributed by atoms with E-state index in [4.69, 9.17) is 21.1 Å². The summed E-state index contributed by atoms with van der Waals surface area (Å²) >= 11 is 6.11. The lowest BCUT2D eigenvalue weighted by Gasteiger charge is -2.30. The first-order valence-corrected chi connectivity index (χ1v) is 11.3. The molecule has 0 spiro atoms. The fraction of sp³-hybridized carbons (Fsp3) is 0.440. The quantitative estimate of drug-likeness (QED) is 0.460. The van der Waals surface area contributed by atoms with Crippen molar-refractivity contribution in [1.29, 1.82) is 0 Å². The lowest BCUT2D eigenvalue weighted by Crippen LogP contribution is -2.49. The van der Waals surface area contributed by atoms with Gasteiger partial charge in [0, 0.05) is 24.0 Å². The Labute approximate surface area is 195 Å². The zero-order chi connectivity index (χ0) is 23.5. The summed E-state index contributed by atoms with van der Waals surface area (Å²) in [4.78, 5) is 27.4. The number of methoxy groups -OCH3 is 1. The van der Waals surface area contributed by atoms with Crippen molar-refractivity contribution in [3.63, 3.8) is 0 Å². The van der Waals surface area contributed by atoms with E-state index in [9.17, 15) is 9.59 Å². The van der Waals surface area contributed by atoms with E-state index < -0.39 is 6.04 Å². The van der Waals surface area contributed by atoms with Gasteiger partial charge in [-0.2, -0.15) is 0 Å². The number of nitrogens with zero attached hydrogens (tertiary/aromatic N) is 1. The van der Waals surface area contributed by atoms with Gasteiger partial charge in [0.05, 0.1) is 13.7 Å². The average Bonchev–Trinajstić information content (AvgIpc) is 2.80. The lowest BCUT2D eigenvalue weighted by molar-refractivity contribution is -0.141. The van der Waals surface area contributed by atoms with Gasteiger partial charge < -0.3 is 19.7 Å². The zero-order valence-corrected chi connectivity index (χ0v) is 20.0. The highest BCUT2D eigenvalue weighted by Gasteiger charge is 2.26. The Morgan fingerprint density at radius 3 is 2.41 bits per heavy atom. The summed E-state index contributed by atoms with van der Waals surface area (Å²) in [5, 5.41) is 3.56. The number of carbonyl (C=O) groups is 2. The van der Waals surface area contributed by atoms with E-state index in [0.29, 0.717) is 24.6 Å². The molecule has 0 heterocycles. The molecular weight excluding hydrogens is 428 g/mol. The topological polar surface area (TPSA) is 67.9 Å². The smallest absolute Gasteiger partial charge is 0.242 e. The van der Waals surface area contributed by atoms with Crippen LogP contribution in [-0.2, 0) is 16.1 Å². The first-order valence-electron chi connectivity index (χ1n) is 10.9. The standard InChI is InChI=1S/C25H33ClN2O4/c1-5-18(2)27-25(30)19(3)28(17-20-8-6-9-21(26)16-20)24(29)10-7-15-32-23-13-11-22(31-4)12-14-23/h6,8-9,11-14,16,18-19H,5,7,10,15,17H2,1-4H3,(H,27,30)/t18-,19+/m1/s1. The molecule has 0 unspecified atom stereocenters. The van der Waals surface area contributed by atoms with Crippen LogP contribution >= 0.6 is 11.6 Å². The van der Waals surface area contributed by atoms with Crippen LogP contribution in [0.2, 0.25) is 5.02 Å². The summed E-state index contributed by atoms with van der Waals surface area (Å²) in [6.45, 7) is 6.43.